The van der Waals surface area contributed by atoms with Crippen LogP contribution in [0.1, 0.15) is 5.69 Å². The number of fused-ring (bicyclic) bond motifs is 3. The molecule has 9 heteroatoms. The maximum absolute atomic E-state index is 12.2. The van der Waals surface area contributed by atoms with E-state index in [1.165, 1.54) is 18.1 Å². The van der Waals surface area contributed by atoms with E-state index in [1.54, 1.807) is 22.7 Å². The van der Waals surface area contributed by atoms with Crippen molar-refractivity contribution in [2.75, 3.05) is 5.75 Å². The van der Waals surface area contributed by atoms with Gasteiger partial charge in [-0.2, -0.15) is 11.3 Å². The summed E-state index contributed by atoms with van der Waals surface area (Å²) < 4.78 is 11.2. The lowest BCUT2D eigenvalue weighted by molar-refractivity contribution is -0.141. The van der Waals surface area contributed by atoms with Crippen molar-refractivity contribution in [2.24, 2.45) is 0 Å². The summed E-state index contributed by atoms with van der Waals surface area (Å²) in [5.41, 5.74) is 3.92. The van der Waals surface area contributed by atoms with E-state index in [9.17, 15) is 4.79 Å². The van der Waals surface area contributed by atoms with E-state index >= 15 is 0 Å². The topological polar surface area (TPSA) is 78.1 Å². The summed E-state index contributed by atoms with van der Waals surface area (Å²) in [6.45, 7) is 0.157. The standard InChI is InChI=1S/C20H13N3O3S3/c24-16(25-7-13-9-28-19(23-13)12-5-6-27-8-12)10-29-20-18-17(21-11-22-20)14-3-1-2-4-15(14)26-18/h1-6,8-9,11H,7,10H2. The maximum atomic E-state index is 12.2. The summed E-state index contributed by atoms with van der Waals surface area (Å²) in [6.07, 6.45) is 1.49. The highest BCUT2D eigenvalue weighted by Crippen LogP contribution is 2.32. The van der Waals surface area contributed by atoms with Gasteiger partial charge in [0.05, 0.1) is 11.4 Å². The van der Waals surface area contributed by atoms with Crippen molar-refractivity contribution in [3.63, 3.8) is 0 Å². The molecule has 0 N–H and O–H groups in total. The number of hydrogen-bond donors (Lipinski definition) is 0. The van der Waals surface area contributed by atoms with Gasteiger partial charge in [-0.25, -0.2) is 15.0 Å². The normalized spacial score (nSPS) is 11.3. The van der Waals surface area contributed by atoms with Crippen LogP contribution < -0.4 is 0 Å². The predicted octanol–water partition coefficient (Wildman–Crippen LogP) is 5.40. The molecule has 0 aliphatic rings. The highest BCUT2D eigenvalue weighted by atomic mass is 32.2. The first-order valence-electron chi connectivity index (χ1n) is 8.65. The smallest absolute Gasteiger partial charge is 0.316 e. The van der Waals surface area contributed by atoms with Gasteiger partial charge in [-0.15, -0.1) is 11.3 Å². The van der Waals surface area contributed by atoms with Gasteiger partial charge in [-0.1, -0.05) is 23.9 Å². The summed E-state index contributed by atoms with van der Waals surface area (Å²) >= 11 is 4.45. The van der Waals surface area contributed by atoms with E-state index in [4.69, 9.17) is 9.15 Å². The van der Waals surface area contributed by atoms with Gasteiger partial charge in [-0.05, 0) is 23.6 Å². The van der Waals surface area contributed by atoms with E-state index in [0.29, 0.717) is 10.6 Å². The molecular formula is C20H13N3O3S3. The van der Waals surface area contributed by atoms with Gasteiger partial charge < -0.3 is 9.15 Å². The monoisotopic (exact) mass is 439 g/mol. The van der Waals surface area contributed by atoms with Gasteiger partial charge in [0.25, 0.3) is 0 Å². The van der Waals surface area contributed by atoms with E-state index < -0.39 is 0 Å². The summed E-state index contributed by atoms with van der Waals surface area (Å²) in [5, 5.41) is 8.46. The minimum atomic E-state index is -0.331. The number of nitrogens with zero attached hydrogens (tertiary/aromatic N) is 3. The summed E-state index contributed by atoms with van der Waals surface area (Å²) in [6, 6.07) is 9.71. The van der Waals surface area contributed by atoms with Gasteiger partial charge in [0, 0.05) is 21.7 Å². The third-order valence-electron chi connectivity index (χ3n) is 4.15. The highest BCUT2D eigenvalue weighted by Gasteiger charge is 2.15. The number of hydrogen-bond acceptors (Lipinski definition) is 9. The van der Waals surface area contributed by atoms with Crippen LogP contribution in [0.2, 0.25) is 0 Å². The summed E-state index contributed by atoms with van der Waals surface area (Å²) in [4.78, 5) is 25.3. The summed E-state index contributed by atoms with van der Waals surface area (Å²) in [5.74, 6) is -0.201. The average molecular weight is 440 g/mol. The van der Waals surface area contributed by atoms with Crippen LogP contribution in [0.5, 0.6) is 0 Å². The van der Waals surface area contributed by atoms with Crippen LogP contribution in [-0.4, -0.2) is 26.7 Å². The molecule has 0 fully saturated rings. The Labute approximate surface area is 177 Å². The molecule has 5 aromatic rings. The van der Waals surface area contributed by atoms with Crippen LogP contribution in [0, 0.1) is 0 Å². The largest absolute Gasteiger partial charge is 0.459 e. The number of rotatable bonds is 6. The molecule has 5 rings (SSSR count). The number of para-hydroxylation sites is 1. The number of carbonyl (C=O) groups excluding carboxylic acids is 1. The van der Waals surface area contributed by atoms with E-state index in [-0.39, 0.29) is 18.3 Å². The third kappa shape index (κ3) is 3.76. The number of benzene rings is 1. The molecule has 0 unspecified atom stereocenters. The lowest BCUT2D eigenvalue weighted by Crippen LogP contribution is -2.07. The van der Waals surface area contributed by atoms with Gasteiger partial charge in [0.2, 0.25) is 0 Å². The van der Waals surface area contributed by atoms with Crippen molar-refractivity contribution in [3.8, 4) is 10.6 Å². The number of esters is 1. The van der Waals surface area contributed by atoms with Crippen molar-refractivity contribution in [1.29, 1.82) is 0 Å². The SMILES string of the molecule is O=C(CSc1ncnc2c1oc1ccccc12)OCc1csc(-c2ccsc2)n1. The zero-order valence-electron chi connectivity index (χ0n) is 14.9. The fourth-order valence-corrected chi connectivity index (χ4v) is 5.07. The first-order chi connectivity index (χ1) is 14.3. The number of ether oxygens (including phenoxy) is 1. The molecule has 0 radical (unpaired) electrons. The van der Waals surface area contributed by atoms with Crippen LogP contribution >= 0.6 is 34.4 Å². The van der Waals surface area contributed by atoms with E-state index in [1.807, 2.05) is 46.5 Å². The third-order valence-corrected chi connectivity index (χ3v) is 6.72. The second-order valence-corrected chi connectivity index (χ2v) is 8.66. The minimum Gasteiger partial charge on any atom is -0.459 e. The Morgan fingerprint density at radius 2 is 2.10 bits per heavy atom. The minimum absolute atomic E-state index is 0.130. The lowest BCUT2D eigenvalue weighted by Gasteiger charge is -2.03. The van der Waals surface area contributed by atoms with Crippen LogP contribution in [0.15, 0.2) is 62.2 Å². The van der Waals surface area contributed by atoms with Gasteiger partial charge in [-0.3, -0.25) is 4.79 Å². The fraction of sp³-hybridized carbons (Fsp3) is 0.100. The van der Waals surface area contributed by atoms with Crippen molar-refractivity contribution in [1.82, 2.24) is 15.0 Å². The first kappa shape index (κ1) is 18.3. The zero-order chi connectivity index (χ0) is 19.6. The molecular weight excluding hydrogens is 426 g/mol. The Kier molecular flexibility index (Phi) is 5.01. The number of aromatic nitrogens is 3. The predicted molar refractivity (Wildman–Crippen MR) is 115 cm³/mol. The van der Waals surface area contributed by atoms with Crippen LogP contribution in [0.3, 0.4) is 0 Å². The quantitative estimate of drug-likeness (QED) is 0.199. The van der Waals surface area contributed by atoms with Crippen LogP contribution in [-0.2, 0) is 16.1 Å². The Morgan fingerprint density at radius 3 is 3.00 bits per heavy atom. The molecule has 1 aromatic carbocycles. The van der Waals surface area contributed by atoms with Crippen LogP contribution in [0.25, 0.3) is 32.6 Å². The molecule has 0 amide bonds. The zero-order valence-corrected chi connectivity index (χ0v) is 17.4. The van der Waals surface area contributed by atoms with Crippen molar-refractivity contribution < 1.29 is 13.9 Å². The Morgan fingerprint density at radius 1 is 1.17 bits per heavy atom. The first-order valence-corrected chi connectivity index (χ1v) is 11.5. The molecule has 0 saturated heterocycles. The van der Waals surface area contributed by atoms with Crippen molar-refractivity contribution in [3.05, 3.63) is 58.5 Å². The number of carbonyl (C=O) groups is 1. The van der Waals surface area contributed by atoms with Gasteiger partial charge in [0.1, 0.15) is 34.1 Å². The maximum Gasteiger partial charge on any atom is 0.316 e. The molecule has 4 heterocycles. The van der Waals surface area contributed by atoms with Gasteiger partial charge in [0.15, 0.2) is 5.58 Å². The van der Waals surface area contributed by atoms with E-state index in [2.05, 4.69) is 15.0 Å². The lowest BCUT2D eigenvalue weighted by atomic mass is 10.2. The molecule has 6 nitrogen and oxygen atoms in total. The van der Waals surface area contributed by atoms with Gasteiger partial charge >= 0.3 is 5.97 Å². The molecule has 0 bridgehead atoms. The summed E-state index contributed by atoms with van der Waals surface area (Å²) in [7, 11) is 0. The van der Waals surface area contributed by atoms with Crippen molar-refractivity contribution in [2.45, 2.75) is 11.6 Å². The Hall–Kier alpha value is -2.75. The van der Waals surface area contributed by atoms with Crippen molar-refractivity contribution >= 4 is 62.5 Å². The van der Waals surface area contributed by atoms with Crippen LogP contribution in [0.4, 0.5) is 0 Å². The number of furan rings is 1. The highest BCUT2D eigenvalue weighted by molar-refractivity contribution is 8.00. The molecule has 0 aliphatic carbocycles. The van der Waals surface area contributed by atoms with E-state index in [0.717, 1.165) is 32.8 Å². The molecule has 0 aliphatic heterocycles. The molecule has 0 saturated carbocycles. The molecule has 144 valence electrons. The second-order valence-electron chi connectivity index (χ2n) is 6.06. The molecule has 4 aromatic heterocycles. The second kappa shape index (κ2) is 7.94. The average Bonchev–Trinajstić information content (AvgIpc) is 3.50. The number of thiazole rings is 1. The molecule has 0 atom stereocenters. The Balaban J connectivity index is 1.23. The number of thiophene rings is 1. The fourth-order valence-electron chi connectivity index (χ4n) is 2.82. The molecule has 0 spiro atoms. The molecule has 29 heavy (non-hydrogen) atoms. The Bertz CT molecular complexity index is 1290. The number of thioether (sulfide) groups is 1.